The summed E-state index contributed by atoms with van der Waals surface area (Å²) in [5.74, 6) is -0.795. The molecule has 3 aliphatic rings. The minimum atomic E-state index is -0.382. The van der Waals surface area contributed by atoms with E-state index in [1.807, 2.05) is 66.7 Å². The van der Waals surface area contributed by atoms with E-state index in [-0.39, 0.29) is 41.4 Å². The number of aromatic nitrogens is 1. The van der Waals surface area contributed by atoms with Crippen LogP contribution in [0.1, 0.15) is 43.9 Å². The van der Waals surface area contributed by atoms with E-state index in [1.54, 1.807) is 12.3 Å². The van der Waals surface area contributed by atoms with Gasteiger partial charge in [0.15, 0.2) is 0 Å². The van der Waals surface area contributed by atoms with E-state index >= 15 is 0 Å². The Labute approximate surface area is 242 Å². The Hall–Kier alpha value is -3.55. The number of pyridine rings is 1. The lowest BCUT2D eigenvalue weighted by molar-refractivity contribution is -0.122. The highest BCUT2D eigenvalue weighted by molar-refractivity contribution is 9.10. The molecule has 40 heavy (non-hydrogen) atoms. The number of para-hydroxylation sites is 1. The van der Waals surface area contributed by atoms with Gasteiger partial charge in [-0.25, -0.2) is 0 Å². The quantitative estimate of drug-likeness (QED) is 0.239. The highest BCUT2D eigenvalue weighted by Gasteiger charge is 2.57. The van der Waals surface area contributed by atoms with Crippen LogP contribution in [0.5, 0.6) is 5.75 Å². The molecule has 204 valence electrons. The molecule has 0 spiro atoms. The average molecular weight is 600 g/mol. The molecule has 1 aliphatic carbocycles. The number of imide groups is 1. The number of halogens is 1. The van der Waals surface area contributed by atoms with Crippen LogP contribution in [0.3, 0.4) is 0 Å². The number of anilines is 1. The number of carbonyl (C=O) groups is 2. The summed E-state index contributed by atoms with van der Waals surface area (Å²) >= 11 is 3.50. The lowest BCUT2D eigenvalue weighted by atomic mass is 9.69. The third-order valence-electron chi connectivity index (χ3n) is 8.44. The van der Waals surface area contributed by atoms with E-state index in [9.17, 15) is 14.7 Å². The molecule has 0 unspecified atom stereocenters. The molecule has 7 heteroatoms. The molecule has 6 nitrogen and oxygen atoms in total. The second-order valence-corrected chi connectivity index (χ2v) is 11.6. The number of ether oxygens (including phenoxy) is 1. The monoisotopic (exact) mass is 598 g/mol. The minimum Gasteiger partial charge on any atom is -0.507 e. The molecule has 1 aromatic heterocycles. The van der Waals surface area contributed by atoms with Crippen molar-refractivity contribution in [2.75, 3.05) is 11.5 Å². The lowest BCUT2D eigenvalue weighted by Gasteiger charge is -2.31. The number of amides is 2. The molecule has 2 aliphatic heterocycles. The zero-order chi connectivity index (χ0) is 27.8. The van der Waals surface area contributed by atoms with Crippen molar-refractivity contribution in [3.8, 4) is 5.75 Å². The summed E-state index contributed by atoms with van der Waals surface area (Å²) in [6, 6.07) is 20.4. The number of benzene rings is 2. The summed E-state index contributed by atoms with van der Waals surface area (Å²) in [5, 5.41) is 10.5. The van der Waals surface area contributed by atoms with E-state index in [2.05, 4.69) is 27.8 Å². The number of hydrogen-bond donors (Lipinski definition) is 1. The molecule has 3 aromatic rings. The van der Waals surface area contributed by atoms with Crippen molar-refractivity contribution in [2.45, 2.75) is 38.7 Å². The van der Waals surface area contributed by atoms with Gasteiger partial charge in [0.2, 0.25) is 11.8 Å². The first-order chi connectivity index (χ1) is 19.5. The zero-order valence-electron chi connectivity index (χ0n) is 22.3. The summed E-state index contributed by atoms with van der Waals surface area (Å²) in [5.41, 5.74) is 5.66. The fourth-order valence-corrected chi connectivity index (χ4v) is 6.96. The third-order valence-corrected chi connectivity index (χ3v) is 8.93. The van der Waals surface area contributed by atoms with Crippen molar-refractivity contribution >= 4 is 45.1 Å². The minimum absolute atomic E-state index is 0.0831. The van der Waals surface area contributed by atoms with Crippen LogP contribution in [-0.4, -0.2) is 34.6 Å². The summed E-state index contributed by atoms with van der Waals surface area (Å²) in [6.07, 6.45) is 6.46. The van der Waals surface area contributed by atoms with Crippen molar-refractivity contribution < 1.29 is 19.4 Å². The maximum absolute atomic E-state index is 13.7. The molecule has 6 rings (SSSR count). The molecule has 1 N–H and O–H groups in total. The number of phenolic OH excluding ortho intramolecular Hbond substituents is 1. The van der Waals surface area contributed by atoms with Gasteiger partial charge in [-0.15, -0.1) is 0 Å². The standard InChI is InChI=1S/C33H31BrN2O4/c1-2-20-18-25-31(33(39)36(32(25)38)24-8-4-3-5-9-24)26-19-40-29(30(20)26)14-11-21(27-10-6-7-15-35-27)16-22-17-23(34)12-13-28(22)37/h3-10,12-13,15-17,25-26,29,31,37H,2,11,14,18-19H2,1H3/b21-16-/t25-,26+,29-,31-/m1/s1. The Morgan fingerprint density at radius 2 is 1.88 bits per heavy atom. The van der Waals surface area contributed by atoms with Gasteiger partial charge in [-0.1, -0.05) is 52.7 Å². The number of hydrogen-bond acceptors (Lipinski definition) is 5. The molecule has 4 atom stereocenters. The van der Waals surface area contributed by atoms with Crippen LogP contribution in [0.4, 0.5) is 5.69 Å². The summed E-state index contributed by atoms with van der Waals surface area (Å²) < 4.78 is 7.28. The van der Waals surface area contributed by atoms with Crippen LogP contribution in [0, 0.1) is 17.8 Å². The van der Waals surface area contributed by atoms with Gasteiger partial charge in [-0.2, -0.15) is 0 Å². The first-order valence-electron chi connectivity index (χ1n) is 13.8. The fraction of sp³-hybridized carbons (Fsp3) is 0.303. The fourth-order valence-electron chi connectivity index (χ4n) is 6.59. The Bertz CT molecular complexity index is 1500. The van der Waals surface area contributed by atoms with Gasteiger partial charge in [0.25, 0.3) is 0 Å². The molecule has 2 fully saturated rings. The third kappa shape index (κ3) is 4.82. The number of nitrogens with zero attached hydrogens (tertiary/aromatic N) is 2. The maximum atomic E-state index is 13.7. The van der Waals surface area contributed by atoms with Gasteiger partial charge in [0.05, 0.1) is 35.9 Å². The number of allylic oxidation sites excluding steroid dienone is 2. The molecule has 0 radical (unpaired) electrons. The number of aromatic hydroxyl groups is 1. The average Bonchev–Trinajstić information content (AvgIpc) is 3.51. The van der Waals surface area contributed by atoms with Crippen LogP contribution >= 0.6 is 15.9 Å². The van der Waals surface area contributed by atoms with Crippen LogP contribution in [0.15, 0.2) is 88.5 Å². The molecule has 2 saturated heterocycles. The molecular weight excluding hydrogens is 568 g/mol. The number of carbonyl (C=O) groups excluding carboxylic acids is 2. The number of fused-ring (bicyclic) bond motifs is 3. The molecule has 0 bridgehead atoms. The summed E-state index contributed by atoms with van der Waals surface area (Å²) in [7, 11) is 0. The number of rotatable bonds is 7. The van der Waals surface area contributed by atoms with Crippen LogP contribution in [0.2, 0.25) is 0 Å². The van der Waals surface area contributed by atoms with Crippen molar-refractivity contribution in [3.05, 3.63) is 99.8 Å². The predicted molar refractivity (Wildman–Crippen MR) is 158 cm³/mol. The highest BCUT2D eigenvalue weighted by Crippen LogP contribution is 2.51. The zero-order valence-corrected chi connectivity index (χ0v) is 23.9. The summed E-state index contributed by atoms with van der Waals surface area (Å²) in [6.45, 7) is 2.57. The van der Waals surface area contributed by atoms with E-state index < -0.39 is 0 Å². The second-order valence-electron chi connectivity index (χ2n) is 10.7. The van der Waals surface area contributed by atoms with E-state index in [0.29, 0.717) is 37.1 Å². The maximum Gasteiger partial charge on any atom is 0.238 e. The number of phenols is 1. The molecule has 2 aromatic carbocycles. The van der Waals surface area contributed by atoms with Crippen molar-refractivity contribution in [2.24, 2.45) is 17.8 Å². The molecule has 3 heterocycles. The molecule has 2 amide bonds. The summed E-state index contributed by atoms with van der Waals surface area (Å²) in [4.78, 5) is 33.1. The van der Waals surface area contributed by atoms with Gasteiger partial charge in [0.1, 0.15) is 5.75 Å². The highest BCUT2D eigenvalue weighted by atomic mass is 79.9. The SMILES string of the molecule is CCC1=C2[C@@H](CC/C(=C/c3cc(Br)ccc3O)c3ccccn3)OC[C@@H]2[C@@H]2C(=O)N(c3ccccc3)C(=O)[C@@H]2C1. The first-order valence-corrected chi connectivity index (χ1v) is 14.6. The van der Waals surface area contributed by atoms with Crippen molar-refractivity contribution in [3.63, 3.8) is 0 Å². The Kier molecular flexibility index (Phi) is 7.43. The Balaban J connectivity index is 1.28. The van der Waals surface area contributed by atoms with Crippen LogP contribution in [0.25, 0.3) is 11.6 Å². The van der Waals surface area contributed by atoms with Crippen LogP contribution < -0.4 is 4.90 Å². The van der Waals surface area contributed by atoms with E-state index in [0.717, 1.165) is 22.2 Å². The van der Waals surface area contributed by atoms with Gasteiger partial charge in [-0.05, 0) is 85.4 Å². The van der Waals surface area contributed by atoms with Crippen LogP contribution in [-0.2, 0) is 14.3 Å². The van der Waals surface area contributed by atoms with E-state index in [4.69, 9.17) is 4.74 Å². The van der Waals surface area contributed by atoms with E-state index in [1.165, 1.54) is 16.0 Å². The van der Waals surface area contributed by atoms with Crippen molar-refractivity contribution in [1.29, 1.82) is 0 Å². The first kappa shape index (κ1) is 26.7. The topological polar surface area (TPSA) is 79.7 Å². The normalized spacial score (nSPS) is 24.4. The van der Waals surface area contributed by atoms with Gasteiger partial charge < -0.3 is 9.84 Å². The lowest BCUT2D eigenvalue weighted by Crippen LogP contribution is -2.34. The van der Waals surface area contributed by atoms with Gasteiger partial charge in [-0.3, -0.25) is 19.5 Å². The smallest absolute Gasteiger partial charge is 0.238 e. The van der Waals surface area contributed by atoms with Crippen molar-refractivity contribution in [1.82, 2.24) is 4.98 Å². The Morgan fingerprint density at radius 3 is 2.62 bits per heavy atom. The second kappa shape index (κ2) is 11.1. The molecular formula is C33H31BrN2O4. The van der Waals surface area contributed by atoms with Gasteiger partial charge >= 0.3 is 0 Å². The largest absolute Gasteiger partial charge is 0.507 e. The molecule has 0 saturated carbocycles. The Morgan fingerprint density at radius 1 is 1.07 bits per heavy atom. The van der Waals surface area contributed by atoms with Gasteiger partial charge in [0, 0.05) is 22.2 Å². The predicted octanol–water partition coefficient (Wildman–Crippen LogP) is 6.80.